The lowest BCUT2D eigenvalue weighted by molar-refractivity contribution is -0.120. The summed E-state index contributed by atoms with van der Waals surface area (Å²) in [6.45, 7) is 3.04. The first-order valence-corrected chi connectivity index (χ1v) is 7.99. The van der Waals surface area contributed by atoms with Crippen LogP contribution in [0.3, 0.4) is 0 Å². The molecular weight excluding hydrogens is 248 g/mol. The van der Waals surface area contributed by atoms with Gasteiger partial charge in [0.25, 0.3) is 0 Å². The first-order chi connectivity index (χ1) is 9.83. The van der Waals surface area contributed by atoms with Gasteiger partial charge >= 0.3 is 0 Å². The van der Waals surface area contributed by atoms with Crippen molar-refractivity contribution in [1.29, 1.82) is 0 Å². The van der Waals surface area contributed by atoms with Crippen LogP contribution in [-0.4, -0.2) is 17.4 Å². The quantitative estimate of drug-likeness (QED) is 0.623. The standard InChI is InChI=1S/C17H28N2O/c1-2-3-4-5-6-7-8-10-14-19-17(20)15-16-12-9-11-13-18-16/h9,11-13H,2-8,10,14-15H2,1H3,(H,19,20). The van der Waals surface area contributed by atoms with E-state index in [9.17, 15) is 4.79 Å². The highest BCUT2D eigenvalue weighted by Gasteiger charge is 2.02. The molecule has 1 rings (SSSR count). The van der Waals surface area contributed by atoms with E-state index in [-0.39, 0.29) is 5.91 Å². The number of carbonyl (C=O) groups excluding carboxylic acids is 1. The van der Waals surface area contributed by atoms with Gasteiger partial charge in [0.15, 0.2) is 0 Å². The Kier molecular flexibility index (Phi) is 9.54. The van der Waals surface area contributed by atoms with Gasteiger partial charge < -0.3 is 5.32 Å². The number of nitrogens with one attached hydrogen (secondary N) is 1. The minimum absolute atomic E-state index is 0.0756. The van der Waals surface area contributed by atoms with E-state index in [0.717, 1.165) is 18.7 Å². The summed E-state index contributed by atoms with van der Waals surface area (Å²) < 4.78 is 0. The third kappa shape index (κ3) is 8.68. The summed E-state index contributed by atoms with van der Waals surface area (Å²) in [6, 6.07) is 5.66. The zero-order valence-corrected chi connectivity index (χ0v) is 12.7. The van der Waals surface area contributed by atoms with Gasteiger partial charge in [-0.25, -0.2) is 0 Å². The van der Waals surface area contributed by atoms with Gasteiger partial charge in [0.2, 0.25) is 5.91 Å². The molecule has 0 aliphatic heterocycles. The molecule has 112 valence electrons. The number of hydrogen-bond acceptors (Lipinski definition) is 2. The molecule has 20 heavy (non-hydrogen) atoms. The van der Waals surface area contributed by atoms with Gasteiger partial charge in [0, 0.05) is 18.4 Å². The number of hydrogen-bond donors (Lipinski definition) is 1. The van der Waals surface area contributed by atoms with Gasteiger partial charge in [-0.05, 0) is 18.6 Å². The molecule has 0 atom stereocenters. The minimum Gasteiger partial charge on any atom is -0.356 e. The highest BCUT2D eigenvalue weighted by atomic mass is 16.1. The number of rotatable bonds is 11. The van der Waals surface area contributed by atoms with E-state index >= 15 is 0 Å². The third-order valence-electron chi connectivity index (χ3n) is 3.42. The second kappa shape index (κ2) is 11.4. The lowest BCUT2D eigenvalue weighted by atomic mass is 10.1. The normalized spacial score (nSPS) is 10.4. The van der Waals surface area contributed by atoms with Crippen molar-refractivity contribution in [2.45, 2.75) is 64.7 Å². The average molecular weight is 276 g/mol. The van der Waals surface area contributed by atoms with E-state index in [0.29, 0.717) is 6.42 Å². The Morgan fingerprint density at radius 2 is 1.75 bits per heavy atom. The maximum absolute atomic E-state index is 11.7. The van der Waals surface area contributed by atoms with E-state index in [1.807, 2.05) is 18.2 Å². The average Bonchev–Trinajstić information content (AvgIpc) is 2.46. The van der Waals surface area contributed by atoms with Crippen LogP contribution < -0.4 is 5.32 Å². The van der Waals surface area contributed by atoms with Gasteiger partial charge in [-0.3, -0.25) is 9.78 Å². The van der Waals surface area contributed by atoms with Gasteiger partial charge in [-0.1, -0.05) is 57.9 Å². The first-order valence-electron chi connectivity index (χ1n) is 7.99. The molecule has 3 heteroatoms. The fraction of sp³-hybridized carbons (Fsp3) is 0.647. The van der Waals surface area contributed by atoms with Crippen LogP contribution in [0.1, 0.15) is 64.0 Å². The molecule has 1 heterocycles. The Morgan fingerprint density at radius 3 is 2.40 bits per heavy atom. The van der Waals surface area contributed by atoms with Crippen molar-refractivity contribution in [3.63, 3.8) is 0 Å². The van der Waals surface area contributed by atoms with E-state index in [4.69, 9.17) is 0 Å². The lowest BCUT2D eigenvalue weighted by Gasteiger charge is -2.05. The molecule has 0 unspecified atom stereocenters. The molecule has 0 radical (unpaired) electrons. The van der Waals surface area contributed by atoms with Crippen molar-refractivity contribution < 1.29 is 4.79 Å². The van der Waals surface area contributed by atoms with Crippen molar-refractivity contribution in [2.75, 3.05) is 6.54 Å². The molecule has 1 amide bonds. The number of nitrogens with zero attached hydrogens (tertiary/aromatic N) is 1. The molecule has 3 nitrogen and oxygen atoms in total. The zero-order chi connectivity index (χ0) is 14.5. The summed E-state index contributed by atoms with van der Waals surface area (Å²) in [4.78, 5) is 15.8. The van der Waals surface area contributed by atoms with Crippen molar-refractivity contribution in [3.8, 4) is 0 Å². The second-order valence-corrected chi connectivity index (χ2v) is 5.32. The summed E-state index contributed by atoms with van der Waals surface area (Å²) in [6.07, 6.45) is 12.4. The van der Waals surface area contributed by atoms with E-state index in [2.05, 4.69) is 17.2 Å². The summed E-state index contributed by atoms with van der Waals surface area (Å²) in [5.41, 5.74) is 0.834. The summed E-state index contributed by atoms with van der Waals surface area (Å²) in [5.74, 6) is 0.0756. The van der Waals surface area contributed by atoms with E-state index in [1.165, 1.54) is 44.9 Å². The van der Waals surface area contributed by atoms with Crippen LogP contribution in [-0.2, 0) is 11.2 Å². The van der Waals surface area contributed by atoms with Gasteiger partial charge in [-0.2, -0.15) is 0 Å². The SMILES string of the molecule is CCCCCCCCCCNC(=O)Cc1ccccn1. The van der Waals surface area contributed by atoms with Gasteiger partial charge in [0.05, 0.1) is 6.42 Å². The zero-order valence-electron chi connectivity index (χ0n) is 12.7. The van der Waals surface area contributed by atoms with Crippen molar-refractivity contribution >= 4 is 5.91 Å². The largest absolute Gasteiger partial charge is 0.356 e. The predicted octanol–water partition coefficient (Wildman–Crippen LogP) is 3.88. The fourth-order valence-electron chi connectivity index (χ4n) is 2.22. The number of carbonyl (C=O) groups is 1. The maximum atomic E-state index is 11.7. The molecule has 1 aromatic rings. The number of amides is 1. The number of unbranched alkanes of at least 4 members (excludes halogenated alkanes) is 7. The minimum atomic E-state index is 0.0756. The fourth-order valence-corrected chi connectivity index (χ4v) is 2.22. The highest BCUT2D eigenvalue weighted by molar-refractivity contribution is 5.77. The topological polar surface area (TPSA) is 42.0 Å². The van der Waals surface area contributed by atoms with Gasteiger partial charge in [0.1, 0.15) is 0 Å². The van der Waals surface area contributed by atoms with Crippen LogP contribution in [0.4, 0.5) is 0 Å². The Labute approximate surface area is 123 Å². The molecule has 0 spiro atoms. The van der Waals surface area contributed by atoms with Crippen LogP contribution >= 0.6 is 0 Å². The highest BCUT2D eigenvalue weighted by Crippen LogP contribution is 2.07. The molecule has 0 fully saturated rings. The Morgan fingerprint density at radius 1 is 1.05 bits per heavy atom. The molecule has 1 aromatic heterocycles. The smallest absolute Gasteiger partial charge is 0.226 e. The summed E-state index contributed by atoms with van der Waals surface area (Å²) >= 11 is 0. The molecule has 0 bridgehead atoms. The van der Waals surface area contributed by atoms with Crippen LogP contribution in [0.5, 0.6) is 0 Å². The molecule has 0 aliphatic rings. The lowest BCUT2D eigenvalue weighted by Crippen LogP contribution is -2.26. The summed E-state index contributed by atoms with van der Waals surface area (Å²) in [7, 11) is 0. The van der Waals surface area contributed by atoms with Crippen LogP contribution in [0.2, 0.25) is 0 Å². The molecule has 1 N–H and O–H groups in total. The summed E-state index contributed by atoms with van der Waals surface area (Å²) in [5, 5.41) is 2.96. The van der Waals surface area contributed by atoms with Gasteiger partial charge in [-0.15, -0.1) is 0 Å². The Balaban J connectivity index is 1.92. The van der Waals surface area contributed by atoms with Crippen LogP contribution in [0, 0.1) is 0 Å². The molecule has 0 aromatic carbocycles. The van der Waals surface area contributed by atoms with Crippen molar-refractivity contribution in [3.05, 3.63) is 30.1 Å². The molecule has 0 saturated carbocycles. The van der Waals surface area contributed by atoms with E-state index < -0.39 is 0 Å². The second-order valence-electron chi connectivity index (χ2n) is 5.32. The Hall–Kier alpha value is -1.38. The molecular formula is C17H28N2O. The van der Waals surface area contributed by atoms with E-state index in [1.54, 1.807) is 6.20 Å². The van der Waals surface area contributed by atoms with Crippen LogP contribution in [0.25, 0.3) is 0 Å². The maximum Gasteiger partial charge on any atom is 0.226 e. The Bertz CT molecular complexity index is 351. The molecule has 0 aliphatic carbocycles. The van der Waals surface area contributed by atoms with Crippen molar-refractivity contribution in [2.24, 2.45) is 0 Å². The number of pyridine rings is 1. The van der Waals surface area contributed by atoms with Crippen LogP contribution in [0.15, 0.2) is 24.4 Å². The monoisotopic (exact) mass is 276 g/mol. The van der Waals surface area contributed by atoms with Crippen molar-refractivity contribution in [1.82, 2.24) is 10.3 Å². The molecule has 0 saturated heterocycles. The first kappa shape index (κ1) is 16.7. The third-order valence-corrected chi connectivity index (χ3v) is 3.42. The predicted molar refractivity (Wildman–Crippen MR) is 83.6 cm³/mol. The number of aromatic nitrogens is 1.